The van der Waals surface area contributed by atoms with Crippen molar-refractivity contribution in [2.24, 2.45) is 0 Å². The van der Waals surface area contributed by atoms with E-state index < -0.39 is 14.6 Å². The Morgan fingerprint density at radius 2 is 2.05 bits per heavy atom. The summed E-state index contributed by atoms with van der Waals surface area (Å²) < 4.78 is 27.9. The van der Waals surface area contributed by atoms with Gasteiger partial charge >= 0.3 is 0 Å². The maximum Gasteiger partial charge on any atom is 0.216 e. The normalized spacial score (nSPS) is 14.2. The van der Waals surface area contributed by atoms with Gasteiger partial charge in [0.15, 0.2) is 9.84 Å². The minimum atomic E-state index is -3.19. The van der Waals surface area contributed by atoms with Crippen molar-refractivity contribution in [1.82, 2.24) is 15.3 Å². The Bertz CT molecular complexity index is 529. The van der Waals surface area contributed by atoms with Gasteiger partial charge in [0.25, 0.3) is 0 Å². The first-order chi connectivity index (χ1) is 8.72. The molecule has 19 heavy (non-hydrogen) atoms. The molecule has 1 heterocycles. The van der Waals surface area contributed by atoms with E-state index in [-0.39, 0.29) is 6.04 Å². The molecule has 0 saturated heterocycles. The molecule has 0 radical (unpaired) electrons. The molecule has 0 aromatic carbocycles. The summed E-state index contributed by atoms with van der Waals surface area (Å²) in [4.78, 5) is 8.07. The van der Waals surface area contributed by atoms with Gasteiger partial charge in [-0.1, -0.05) is 0 Å². The molecule has 1 aromatic heterocycles. The molecular weight excluding hydrogens is 266 g/mol. The topological polar surface area (TPSA) is 81.2 Å². The van der Waals surface area contributed by atoms with Gasteiger partial charge in [0.1, 0.15) is 6.33 Å². The van der Waals surface area contributed by atoms with E-state index in [0.29, 0.717) is 12.3 Å². The van der Waals surface area contributed by atoms with Crippen LogP contribution in [0.2, 0.25) is 0 Å². The van der Waals surface area contributed by atoms with E-state index in [4.69, 9.17) is 4.74 Å². The van der Waals surface area contributed by atoms with Crippen molar-refractivity contribution >= 4 is 9.84 Å². The molecular formula is C12H21N3O3S. The van der Waals surface area contributed by atoms with Crippen LogP contribution in [0.25, 0.3) is 0 Å². The Hall–Kier alpha value is -1.21. The predicted molar refractivity (Wildman–Crippen MR) is 74.1 cm³/mol. The van der Waals surface area contributed by atoms with Gasteiger partial charge in [0, 0.05) is 30.5 Å². The summed E-state index contributed by atoms with van der Waals surface area (Å²) >= 11 is 0. The lowest BCUT2D eigenvalue weighted by Gasteiger charge is -2.32. The molecule has 0 amide bonds. The molecule has 1 aromatic rings. The monoisotopic (exact) mass is 287 g/mol. The summed E-state index contributed by atoms with van der Waals surface area (Å²) in [6.07, 6.45) is 3.14. The molecule has 0 fully saturated rings. The zero-order valence-corrected chi connectivity index (χ0v) is 12.8. The summed E-state index contributed by atoms with van der Waals surface area (Å²) in [5.74, 6) is 0.469. The van der Waals surface area contributed by atoms with Gasteiger partial charge in [-0.15, -0.1) is 0 Å². The number of hydrogen-bond acceptors (Lipinski definition) is 6. The third-order valence-electron chi connectivity index (χ3n) is 3.46. The van der Waals surface area contributed by atoms with Crippen LogP contribution in [-0.4, -0.2) is 49.6 Å². The van der Waals surface area contributed by atoms with Crippen molar-refractivity contribution in [2.75, 3.05) is 20.4 Å². The van der Waals surface area contributed by atoms with E-state index in [9.17, 15) is 8.42 Å². The second-order valence-corrected chi connectivity index (χ2v) is 7.57. The second kappa shape index (κ2) is 5.83. The van der Waals surface area contributed by atoms with Gasteiger partial charge in [0.05, 0.1) is 11.9 Å². The lowest BCUT2D eigenvalue weighted by molar-refractivity contribution is 0.393. The van der Waals surface area contributed by atoms with Crippen LogP contribution < -0.4 is 10.1 Å². The number of methoxy groups -OCH3 is 1. The number of rotatable bonds is 6. The Labute approximate surface area is 114 Å². The van der Waals surface area contributed by atoms with E-state index in [1.54, 1.807) is 27.0 Å². The third-order valence-corrected chi connectivity index (χ3v) is 5.66. The zero-order chi connectivity index (χ0) is 14.7. The van der Waals surface area contributed by atoms with Crippen LogP contribution in [0, 0.1) is 0 Å². The Kier molecular flexibility index (Phi) is 4.86. The van der Waals surface area contributed by atoms with Crippen LogP contribution in [-0.2, 0) is 16.3 Å². The van der Waals surface area contributed by atoms with Gasteiger partial charge in [0.2, 0.25) is 5.88 Å². The molecule has 0 bridgehead atoms. The maximum atomic E-state index is 11.9. The highest BCUT2D eigenvalue weighted by Gasteiger charge is 2.38. The molecule has 6 nitrogen and oxygen atoms in total. The van der Waals surface area contributed by atoms with Gasteiger partial charge in [-0.2, -0.15) is 0 Å². The van der Waals surface area contributed by atoms with Crippen LogP contribution in [0.4, 0.5) is 0 Å². The van der Waals surface area contributed by atoms with Gasteiger partial charge in [-0.05, 0) is 20.9 Å². The summed E-state index contributed by atoms with van der Waals surface area (Å²) in [7, 11) is 0.0893. The summed E-state index contributed by atoms with van der Waals surface area (Å²) in [6.45, 7) is 3.42. The van der Waals surface area contributed by atoms with Crippen LogP contribution in [0.1, 0.15) is 19.5 Å². The smallest absolute Gasteiger partial charge is 0.216 e. The van der Waals surface area contributed by atoms with Crippen molar-refractivity contribution in [2.45, 2.75) is 31.1 Å². The maximum absolute atomic E-state index is 11.9. The van der Waals surface area contributed by atoms with E-state index in [0.717, 1.165) is 5.69 Å². The largest absolute Gasteiger partial charge is 0.481 e. The fourth-order valence-corrected chi connectivity index (χ4v) is 2.48. The quantitative estimate of drug-likeness (QED) is 0.817. The first kappa shape index (κ1) is 15.8. The number of aromatic nitrogens is 2. The zero-order valence-electron chi connectivity index (χ0n) is 12.0. The molecule has 108 valence electrons. The van der Waals surface area contributed by atoms with Crippen molar-refractivity contribution in [3.8, 4) is 5.88 Å². The number of likely N-dealkylation sites (N-methyl/N-ethyl adjacent to an activating group) is 1. The SMILES string of the molecule is CNC(Cc1cc(OC)ncn1)C(C)(C)S(C)(=O)=O. The van der Waals surface area contributed by atoms with Crippen LogP contribution >= 0.6 is 0 Å². The number of sulfone groups is 1. The predicted octanol–water partition coefficient (Wildman–Crippen LogP) is 0.439. The standard InChI is InChI=1S/C12H21N3O3S/c1-12(2,19(5,16)17)10(13-3)6-9-7-11(18-4)15-8-14-9/h7-8,10,13H,6H2,1-5H3. The van der Waals surface area contributed by atoms with E-state index in [2.05, 4.69) is 15.3 Å². The van der Waals surface area contributed by atoms with Crippen molar-refractivity contribution in [3.63, 3.8) is 0 Å². The highest BCUT2D eigenvalue weighted by molar-refractivity contribution is 7.92. The molecule has 1 rings (SSSR count). The van der Waals surface area contributed by atoms with Gasteiger partial charge in [-0.25, -0.2) is 18.4 Å². The fraction of sp³-hybridized carbons (Fsp3) is 0.667. The Morgan fingerprint density at radius 3 is 2.53 bits per heavy atom. The lowest BCUT2D eigenvalue weighted by atomic mass is 9.98. The summed E-state index contributed by atoms with van der Waals surface area (Å²) in [5, 5.41) is 3.05. The first-order valence-corrected chi connectivity index (χ1v) is 7.83. The third kappa shape index (κ3) is 3.63. The Balaban J connectivity index is 3.00. The van der Waals surface area contributed by atoms with Gasteiger partial charge in [-0.3, -0.25) is 0 Å². The molecule has 0 aliphatic carbocycles. The van der Waals surface area contributed by atoms with Crippen molar-refractivity contribution < 1.29 is 13.2 Å². The van der Waals surface area contributed by atoms with Crippen molar-refractivity contribution in [3.05, 3.63) is 18.1 Å². The van der Waals surface area contributed by atoms with Crippen molar-refractivity contribution in [1.29, 1.82) is 0 Å². The minimum Gasteiger partial charge on any atom is -0.481 e. The fourth-order valence-electron chi connectivity index (χ4n) is 1.76. The molecule has 7 heteroatoms. The molecule has 1 unspecified atom stereocenters. The van der Waals surface area contributed by atoms with E-state index >= 15 is 0 Å². The molecule has 0 aliphatic rings. The van der Waals surface area contributed by atoms with E-state index in [1.807, 2.05) is 0 Å². The average Bonchev–Trinajstić information content (AvgIpc) is 2.34. The number of hydrogen-bond donors (Lipinski definition) is 1. The summed E-state index contributed by atoms with van der Waals surface area (Å²) in [5.41, 5.74) is 0.739. The number of nitrogens with zero attached hydrogens (tertiary/aromatic N) is 2. The average molecular weight is 287 g/mol. The summed E-state index contributed by atoms with van der Waals surface area (Å²) in [6, 6.07) is 1.46. The van der Waals surface area contributed by atoms with Gasteiger partial charge < -0.3 is 10.1 Å². The highest BCUT2D eigenvalue weighted by Crippen LogP contribution is 2.23. The number of nitrogens with one attached hydrogen (secondary N) is 1. The highest BCUT2D eigenvalue weighted by atomic mass is 32.2. The lowest BCUT2D eigenvalue weighted by Crippen LogP contribution is -2.51. The minimum absolute atomic E-state index is 0.248. The molecule has 1 N–H and O–H groups in total. The molecule has 0 aliphatic heterocycles. The Morgan fingerprint density at radius 1 is 1.42 bits per heavy atom. The molecule has 0 spiro atoms. The van der Waals surface area contributed by atoms with Crippen LogP contribution in [0.5, 0.6) is 5.88 Å². The van der Waals surface area contributed by atoms with Crippen LogP contribution in [0.15, 0.2) is 12.4 Å². The first-order valence-electron chi connectivity index (χ1n) is 5.94. The second-order valence-electron chi connectivity index (χ2n) is 4.97. The van der Waals surface area contributed by atoms with Crippen LogP contribution in [0.3, 0.4) is 0 Å². The number of ether oxygens (including phenoxy) is 1. The van der Waals surface area contributed by atoms with E-state index in [1.165, 1.54) is 19.7 Å². The molecule has 0 saturated carbocycles. The molecule has 1 atom stereocenters.